The number of Topliss-reactive ketones (excluding diaryl/α,β-unsaturated/α-hetero) is 1. The molecule has 0 bridgehead atoms. The molecule has 0 aromatic carbocycles. The van der Waals surface area contributed by atoms with Gasteiger partial charge in [-0.3, -0.25) is 4.79 Å². The molecule has 1 rings (SSSR count). The van der Waals surface area contributed by atoms with E-state index >= 15 is 0 Å². The Bertz CT molecular complexity index is 296. The summed E-state index contributed by atoms with van der Waals surface area (Å²) in [6, 6.07) is 0. The predicted octanol–water partition coefficient (Wildman–Crippen LogP) is 3.90. The monoisotopic (exact) mass is 206 g/mol. The average molecular weight is 206 g/mol. The lowest BCUT2D eigenvalue weighted by atomic mass is 9.80. The van der Waals surface area contributed by atoms with Gasteiger partial charge in [-0.1, -0.05) is 31.6 Å². The highest BCUT2D eigenvalue weighted by Gasteiger charge is 2.19. The fourth-order valence-electron chi connectivity index (χ4n) is 2.13. The van der Waals surface area contributed by atoms with Crippen molar-refractivity contribution in [2.75, 3.05) is 0 Å². The van der Waals surface area contributed by atoms with Crippen molar-refractivity contribution in [1.82, 2.24) is 0 Å². The molecule has 0 aromatic heterocycles. The molecule has 0 radical (unpaired) electrons. The van der Waals surface area contributed by atoms with Crippen LogP contribution in [-0.2, 0) is 4.79 Å². The molecule has 15 heavy (non-hydrogen) atoms. The van der Waals surface area contributed by atoms with Crippen LogP contribution in [0.5, 0.6) is 0 Å². The fraction of sp³-hybridized carbons (Fsp3) is 0.643. The van der Waals surface area contributed by atoms with Gasteiger partial charge in [0.25, 0.3) is 0 Å². The molecule has 1 aliphatic carbocycles. The summed E-state index contributed by atoms with van der Waals surface area (Å²) in [4.78, 5) is 11.5. The van der Waals surface area contributed by atoms with E-state index in [1.807, 2.05) is 13.8 Å². The van der Waals surface area contributed by atoms with E-state index in [4.69, 9.17) is 0 Å². The maximum Gasteiger partial charge on any atom is 0.157 e. The van der Waals surface area contributed by atoms with Crippen LogP contribution < -0.4 is 0 Å². The van der Waals surface area contributed by atoms with Gasteiger partial charge in [-0.25, -0.2) is 0 Å². The first-order valence-electron chi connectivity index (χ1n) is 5.91. The smallest absolute Gasteiger partial charge is 0.157 e. The lowest BCUT2D eigenvalue weighted by molar-refractivity contribution is -0.115. The van der Waals surface area contributed by atoms with Gasteiger partial charge >= 0.3 is 0 Å². The molecule has 0 saturated heterocycles. The second-order valence-electron chi connectivity index (χ2n) is 4.76. The molecule has 84 valence electrons. The van der Waals surface area contributed by atoms with Crippen LogP contribution in [0, 0.1) is 11.8 Å². The third kappa shape index (κ3) is 3.33. The predicted molar refractivity (Wildman–Crippen MR) is 64.7 cm³/mol. The van der Waals surface area contributed by atoms with E-state index in [0.717, 1.165) is 18.4 Å². The van der Waals surface area contributed by atoms with E-state index < -0.39 is 0 Å². The molecule has 0 heterocycles. The molecular formula is C14H22O. The summed E-state index contributed by atoms with van der Waals surface area (Å²) in [6.07, 6.45) is 7.41. The van der Waals surface area contributed by atoms with Gasteiger partial charge in [0.2, 0.25) is 0 Å². The number of allylic oxidation sites excluding steroid dienone is 4. The Kier molecular flexibility index (Phi) is 4.31. The van der Waals surface area contributed by atoms with Crippen molar-refractivity contribution < 1.29 is 4.79 Å². The minimum Gasteiger partial charge on any atom is -0.295 e. The molecule has 0 unspecified atom stereocenters. The second kappa shape index (κ2) is 5.29. The van der Waals surface area contributed by atoms with Crippen LogP contribution in [0.2, 0.25) is 0 Å². The number of hydrogen-bond donors (Lipinski definition) is 0. The number of ketones is 1. The summed E-state index contributed by atoms with van der Waals surface area (Å²) in [5.74, 6) is 1.52. The van der Waals surface area contributed by atoms with E-state index in [9.17, 15) is 4.79 Å². The molecule has 0 aromatic rings. The molecule has 1 heteroatoms. The highest BCUT2D eigenvalue weighted by Crippen LogP contribution is 2.31. The van der Waals surface area contributed by atoms with E-state index in [0.29, 0.717) is 18.3 Å². The minimum atomic E-state index is 0.286. The van der Waals surface area contributed by atoms with Crippen LogP contribution in [0.1, 0.15) is 47.0 Å². The number of carbonyl (C=O) groups is 1. The summed E-state index contributed by atoms with van der Waals surface area (Å²) in [5.41, 5.74) is 2.41. The van der Waals surface area contributed by atoms with Gasteiger partial charge in [-0.15, -0.1) is 0 Å². The van der Waals surface area contributed by atoms with Crippen molar-refractivity contribution in [3.05, 3.63) is 23.3 Å². The lowest BCUT2D eigenvalue weighted by Gasteiger charge is -2.25. The first-order chi connectivity index (χ1) is 7.04. The standard InChI is InChI=1S/C14H22O/c1-5-14(15)12(4)9-13-8-10(2)6-7-11(13)3/h6,9,11,13H,5,7-8H2,1-4H3/b12-9+/t11-,13-/m1/s1. The SMILES string of the molecule is CCC(=O)/C(C)=C/[C@H]1CC(C)=CC[C@H]1C. The van der Waals surface area contributed by atoms with Crippen LogP contribution in [0.4, 0.5) is 0 Å². The summed E-state index contributed by atoms with van der Waals surface area (Å²) in [6.45, 7) is 8.33. The van der Waals surface area contributed by atoms with Crippen molar-refractivity contribution in [2.24, 2.45) is 11.8 Å². The van der Waals surface area contributed by atoms with Crippen LogP contribution in [0.3, 0.4) is 0 Å². The molecule has 0 amide bonds. The molecule has 0 aliphatic heterocycles. The Balaban J connectivity index is 2.72. The Morgan fingerprint density at radius 1 is 1.60 bits per heavy atom. The minimum absolute atomic E-state index is 0.286. The molecular weight excluding hydrogens is 184 g/mol. The summed E-state index contributed by atoms with van der Waals surface area (Å²) in [7, 11) is 0. The van der Waals surface area contributed by atoms with E-state index in [1.165, 1.54) is 5.57 Å². The third-order valence-corrected chi connectivity index (χ3v) is 3.35. The quantitative estimate of drug-likeness (QED) is 0.505. The third-order valence-electron chi connectivity index (χ3n) is 3.35. The Hall–Kier alpha value is -0.850. The van der Waals surface area contributed by atoms with Crippen molar-refractivity contribution in [3.8, 4) is 0 Å². The van der Waals surface area contributed by atoms with Crippen molar-refractivity contribution in [3.63, 3.8) is 0 Å². The van der Waals surface area contributed by atoms with Crippen molar-refractivity contribution in [2.45, 2.75) is 47.0 Å². The molecule has 0 fully saturated rings. The van der Waals surface area contributed by atoms with E-state index in [2.05, 4.69) is 26.0 Å². The van der Waals surface area contributed by atoms with Crippen molar-refractivity contribution >= 4 is 5.78 Å². The van der Waals surface area contributed by atoms with Crippen LogP contribution >= 0.6 is 0 Å². The maximum atomic E-state index is 11.5. The zero-order valence-corrected chi connectivity index (χ0v) is 10.3. The fourth-order valence-corrected chi connectivity index (χ4v) is 2.13. The Morgan fingerprint density at radius 3 is 2.87 bits per heavy atom. The first kappa shape index (κ1) is 12.2. The Labute approximate surface area is 93.3 Å². The molecule has 1 nitrogen and oxygen atoms in total. The molecule has 1 aliphatic rings. The van der Waals surface area contributed by atoms with Gasteiger partial charge in [0.05, 0.1) is 0 Å². The van der Waals surface area contributed by atoms with Gasteiger partial charge in [-0.2, -0.15) is 0 Å². The molecule has 0 spiro atoms. The summed E-state index contributed by atoms with van der Waals surface area (Å²) >= 11 is 0. The molecule has 0 saturated carbocycles. The van der Waals surface area contributed by atoms with Crippen molar-refractivity contribution in [1.29, 1.82) is 0 Å². The van der Waals surface area contributed by atoms with E-state index in [1.54, 1.807) is 0 Å². The van der Waals surface area contributed by atoms with Gasteiger partial charge in [0, 0.05) is 6.42 Å². The van der Waals surface area contributed by atoms with Crippen LogP contribution in [0.15, 0.2) is 23.3 Å². The number of carbonyl (C=O) groups excluding carboxylic acids is 1. The molecule has 2 atom stereocenters. The largest absolute Gasteiger partial charge is 0.295 e. The van der Waals surface area contributed by atoms with Gasteiger partial charge in [0.1, 0.15) is 0 Å². The average Bonchev–Trinajstić information content (AvgIpc) is 2.22. The van der Waals surface area contributed by atoms with Crippen LogP contribution in [0.25, 0.3) is 0 Å². The Morgan fingerprint density at radius 2 is 2.27 bits per heavy atom. The summed E-state index contributed by atoms with van der Waals surface area (Å²) in [5, 5.41) is 0. The van der Waals surface area contributed by atoms with Gasteiger partial charge in [-0.05, 0) is 44.1 Å². The number of rotatable bonds is 3. The van der Waals surface area contributed by atoms with Gasteiger partial charge < -0.3 is 0 Å². The van der Waals surface area contributed by atoms with Crippen LogP contribution in [-0.4, -0.2) is 5.78 Å². The maximum absolute atomic E-state index is 11.5. The normalized spacial score (nSPS) is 27.5. The first-order valence-corrected chi connectivity index (χ1v) is 5.91. The van der Waals surface area contributed by atoms with E-state index in [-0.39, 0.29) is 5.78 Å². The second-order valence-corrected chi connectivity index (χ2v) is 4.76. The lowest BCUT2D eigenvalue weighted by Crippen LogP contribution is -2.15. The van der Waals surface area contributed by atoms with Gasteiger partial charge in [0.15, 0.2) is 5.78 Å². The zero-order chi connectivity index (χ0) is 11.4. The summed E-state index contributed by atoms with van der Waals surface area (Å²) < 4.78 is 0. The molecule has 0 N–H and O–H groups in total. The number of hydrogen-bond acceptors (Lipinski definition) is 1. The topological polar surface area (TPSA) is 17.1 Å². The highest BCUT2D eigenvalue weighted by molar-refractivity contribution is 5.94. The highest BCUT2D eigenvalue weighted by atomic mass is 16.1. The zero-order valence-electron chi connectivity index (χ0n) is 10.3.